The summed E-state index contributed by atoms with van der Waals surface area (Å²) in [5.41, 5.74) is 0.365. The van der Waals surface area contributed by atoms with Crippen LogP contribution in [0.1, 0.15) is 41.0 Å². The predicted octanol–water partition coefficient (Wildman–Crippen LogP) is 2.83. The number of fused-ring (bicyclic) bond motifs is 1. The van der Waals surface area contributed by atoms with E-state index in [-0.39, 0.29) is 17.8 Å². The number of benzene rings is 1. The van der Waals surface area contributed by atoms with Crippen molar-refractivity contribution in [3.8, 4) is 0 Å². The van der Waals surface area contributed by atoms with E-state index < -0.39 is 40.9 Å². The molecule has 0 unspecified atom stereocenters. The second-order valence-corrected chi connectivity index (χ2v) is 6.49. The van der Waals surface area contributed by atoms with Crippen LogP contribution in [0, 0.1) is 17.5 Å². The van der Waals surface area contributed by atoms with Crippen LogP contribution >= 0.6 is 0 Å². The molecule has 0 saturated heterocycles. The van der Waals surface area contributed by atoms with Crippen molar-refractivity contribution < 1.29 is 22.8 Å². The van der Waals surface area contributed by atoms with Crippen LogP contribution < -0.4 is 5.32 Å². The number of ketones is 1. The van der Waals surface area contributed by atoms with Gasteiger partial charge in [-0.2, -0.15) is 0 Å². The summed E-state index contributed by atoms with van der Waals surface area (Å²) in [5, 5.41) is 2.37. The molecule has 1 amide bonds. The average molecular weight is 348 g/mol. The SMILES string of the molecule is CC1(C)C(=O)Cc2cc(C(=O)NCc3c(F)cc(F)cc3F)cnc21. The zero-order valence-corrected chi connectivity index (χ0v) is 13.6. The van der Waals surface area contributed by atoms with Gasteiger partial charge in [-0.25, -0.2) is 13.2 Å². The van der Waals surface area contributed by atoms with Crippen LogP contribution in [0.3, 0.4) is 0 Å². The van der Waals surface area contributed by atoms with Gasteiger partial charge in [0.2, 0.25) is 0 Å². The van der Waals surface area contributed by atoms with Crippen molar-refractivity contribution in [2.45, 2.75) is 32.2 Å². The maximum absolute atomic E-state index is 13.6. The first-order valence-corrected chi connectivity index (χ1v) is 7.64. The van der Waals surface area contributed by atoms with Gasteiger partial charge in [0.05, 0.1) is 16.7 Å². The number of Topliss-reactive ketones (excluding diaryl/α,β-unsaturated/α-hetero) is 1. The van der Waals surface area contributed by atoms with Crippen LogP contribution in [0.25, 0.3) is 0 Å². The zero-order valence-electron chi connectivity index (χ0n) is 13.6. The molecule has 25 heavy (non-hydrogen) atoms. The zero-order chi connectivity index (χ0) is 18.4. The maximum Gasteiger partial charge on any atom is 0.253 e. The number of rotatable bonds is 3. The van der Waals surface area contributed by atoms with Gasteiger partial charge in [-0.05, 0) is 25.5 Å². The molecule has 0 bridgehead atoms. The number of hydrogen-bond donors (Lipinski definition) is 1. The molecule has 130 valence electrons. The van der Waals surface area contributed by atoms with Crippen molar-refractivity contribution in [3.05, 3.63) is 64.2 Å². The van der Waals surface area contributed by atoms with E-state index in [0.717, 1.165) is 0 Å². The molecule has 1 heterocycles. The molecule has 7 heteroatoms. The highest BCUT2D eigenvalue weighted by atomic mass is 19.1. The van der Waals surface area contributed by atoms with Crippen molar-refractivity contribution in [1.82, 2.24) is 10.3 Å². The van der Waals surface area contributed by atoms with Crippen LogP contribution in [-0.4, -0.2) is 16.7 Å². The molecule has 4 nitrogen and oxygen atoms in total. The number of halogens is 3. The standard InChI is InChI=1S/C18H15F3N2O2/c1-18(2)15(24)4-9-3-10(7-22-16(9)18)17(25)23-8-12-13(20)5-11(19)6-14(12)21/h3,5-7H,4,8H2,1-2H3,(H,23,25). The number of hydrogen-bond acceptors (Lipinski definition) is 3. The van der Waals surface area contributed by atoms with Gasteiger partial charge >= 0.3 is 0 Å². The van der Waals surface area contributed by atoms with E-state index in [0.29, 0.717) is 23.4 Å². The molecule has 1 N–H and O–H groups in total. The van der Waals surface area contributed by atoms with E-state index in [1.54, 1.807) is 19.9 Å². The van der Waals surface area contributed by atoms with Gasteiger partial charge in [0.25, 0.3) is 5.91 Å². The minimum atomic E-state index is -1.07. The molecule has 1 aliphatic carbocycles. The highest BCUT2D eigenvalue weighted by Crippen LogP contribution is 2.34. The van der Waals surface area contributed by atoms with Gasteiger partial charge in [0.15, 0.2) is 0 Å². The van der Waals surface area contributed by atoms with Gasteiger partial charge < -0.3 is 5.32 Å². The number of aromatic nitrogens is 1. The van der Waals surface area contributed by atoms with Crippen molar-refractivity contribution in [2.24, 2.45) is 0 Å². The average Bonchev–Trinajstić information content (AvgIpc) is 2.75. The van der Waals surface area contributed by atoms with Crippen LogP contribution in [0.2, 0.25) is 0 Å². The molecule has 0 saturated carbocycles. The fourth-order valence-corrected chi connectivity index (χ4v) is 2.87. The summed E-state index contributed by atoms with van der Waals surface area (Å²) in [5.74, 6) is -3.74. The van der Waals surface area contributed by atoms with Crippen LogP contribution in [0.15, 0.2) is 24.4 Å². The molecule has 1 aliphatic rings. The fourth-order valence-electron chi connectivity index (χ4n) is 2.87. The van der Waals surface area contributed by atoms with Crippen LogP contribution in [-0.2, 0) is 23.2 Å². The van der Waals surface area contributed by atoms with Crippen molar-refractivity contribution in [1.29, 1.82) is 0 Å². The molecular formula is C18H15F3N2O2. The quantitative estimate of drug-likeness (QED) is 0.928. The highest BCUT2D eigenvalue weighted by molar-refractivity contribution is 5.98. The first-order chi connectivity index (χ1) is 11.7. The molecule has 0 radical (unpaired) electrons. The Morgan fingerprint density at radius 1 is 1.20 bits per heavy atom. The molecule has 0 fully saturated rings. The number of pyridine rings is 1. The third-order valence-electron chi connectivity index (χ3n) is 4.40. The Labute approximate surface area is 142 Å². The first-order valence-electron chi connectivity index (χ1n) is 7.64. The normalized spacial score (nSPS) is 15.2. The third kappa shape index (κ3) is 3.01. The fraction of sp³-hybridized carbons (Fsp3) is 0.278. The van der Waals surface area contributed by atoms with E-state index in [4.69, 9.17) is 0 Å². The number of carbonyl (C=O) groups excluding carboxylic acids is 2. The smallest absolute Gasteiger partial charge is 0.253 e. The Bertz CT molecular complexity index is 871. The minimum Gasteiger partial charge on any atom is -0.348 e. The third-order valence-corrected chi connectivity index (χ3v) is 4.40. The molecule has 1 aromatic carbocycles. The van der Waals surface area contributed by atoms with Gasteiger partial charge in [-0.15, -0.1) is 0 Å². The van der Waals surface area contributed by atoms with Gasteiger partial charge in [-0.1, -0.05) is 0 Å². The molecule has 2 aromatic rings. The minimum absolute atomic E-state index is 0.0167. The number of nitrogens with one attached hydrogen (secondary N) is 1. The maximum atomic E-state index is 13.6. The molecule has 1 aromatic heterocycles. The second kappa shape index (κ2) is 5.98. The van der Waals surface area contributed by atoms with Crippen molar-refractivity contribution in [3.63, 3.8) is 0 Å². The lowest BCUT2D eigenvalue weighted by molar-refractivity contribution is -0.121. The highest BCUT2D eigenvalue weighted by Gasteiger charge is 2.39. The molecule has 3 rings (SSSR count). The van der Waals surface area contributed by atoms with E-state index in [1.807, 2.05) is 0 Å². The molecular weight excluding hydrogens is 333 g/mol. The van der Waals surface area contributed by atoms with Gasteiger partial charge in [0, 0.05) is 36.9 Å². The Morgan fingerprint density at radius 2 is 1.84 bits per heavy atom. The van der Waals surface area contributed by atoms with Crippen LogP contribution in [0.4, 0.5) is 13.2 Å². The summed E-state index contributed by atoms with van der Waals surface area (Å²) in [4.78, 5) is 28.4. The predicted molar refractivity (Wildman–Crippen MR) is 83.5 cm³/mol. The van der Waals surface area contributed by atoms with E-state index >= 15 is 0 Å². The monoisotopic (exact) mass is 348 g/mol. The van der Waals surface area contributed by atoms with E-state index in [1.165, 1.54) is 6.20 Å². The summed E-state index contributed by atoms with van der Waals surface area (Å²) in [6.07, 6.45) is 1.52. The van der Waals surface area contributed by atoms with Gasteiger partial charge in [-0.3, -0.25) is 14.6 Å². The van der Waals surface area contributed by atoms with E-state index in [2.05, 4.69) is 10.3 Å². The topological polar surface area (TPSA) is 59.1 Å². The first kappa shape index (κ1) is 17.1. The Hall–Kier alpha value is -2.70. The summed E-state index contributed by atoms with van der Waals surface area (Å²) < 4.78 is 40.1. The van der Waals surface area contributed by atoms with Crippen LogP contribution in [0.5, 0.6) is 0 Å². The lowest BCUT2D eigenvalue weighted by Gasteiger charge is -2.15. The number of carbonyl (C=O) groups is 2. The van der Waals surface area contributed by atoms with Gasteiger partial charge in [0.1, 0.15) is 23.2 Å². The Kier molecular flexibility index (Phi) is 4.10. The van der Waals surface area contributed by atoms with Crippen molar-refractivity contribution in [2.75, 3.05) is 0 Å². The molecule has 0 spiro atoms. The Balaban J connectivity index is 1.78. The molecule has 0 atom stereocenters. The lowest BCUT2D eigenvalue weighted by atomic mass is 9.89. The summed E-state index contributed by atoms with van der Waals surface area (Å²) >= 11 is 0. The second-order valence-electron chi connectivity index (χ2n) is 6.49. The summed E-state index contributed by atoms with van der Waals surface area (Å²) in [6.45, 7) is 3.11. The van der Waals surface area contributed by atoms with Crippen molar-refractivity contribution >= 4 is 11.7 Å². The number of nitrogens with zero attached hydrogens (tertiary/aromatic N) is 1. The van der Waals surface area contributed by atoms with E-state index in [9.17, 15) is 22.8 Å². The lowest BCUT2D eigenvalue weighted by Crippen LogP contribution is -2.26. The molecule has 0 aliphatic heterocycles. The summed E-state index contributed by atoms with van der Waals surface area (Å²) in [6, 6.07) is 2.66. The summed E-state index contributed by atoms with van der Waals surface area (Å²) in [7, 11) is 0. The Morgan fingerprint density at radius 3 is 2.48 bits per heavy atom. The number of amides is 1. The largest absolute Gasteiger partial charge is 0.348 e.